The number of amides is 1. The van der Waals surface area contributed by atoms with Gasteiger partial charge in [0.25, 0.3) is 0 Å². The van der Waals surface area contributed by atoms with Crippen molar-refractivity contribution < 1.29 is 9.53 Å². The molecule has 4 rings (SSSR count). The summed E-state index contributed by atoms with van der Waals surface area (Å²) in [6.45, 7) is 4.20. The maximum absolute atomic E-state index is 13.5. The number of anilines is 1. The van der Waals surface area contributed by atoms with Gasteiger partial charge in [-0.05, 0) is 24.5 Å². The molecule has 2 aliphatic rings. The number of rotatable bonds is 3. The molecule has 0 N–H and O–H groups in total. The van der Waals surface area contributed by atoms with Crippen molar-refractivity contribution in [2.24, 2.45) is 0 Å². The summed E-state index contributed by atoms with van der Waals surface area (Å²) >= 11 is 0. The fraction of sp³-hybridized carbons (Fsp3) is 0.450. The Morgan fingerprint density at radius 1 is 0.923 bits per heavy atom. The summed E-state index contributed by atoms with van der Waals surface area (Å²) in [5.41, 5.74) is 0.660. The molecular weight excluding hydrogens is 328 g/mol. The summed E-state index contributed by atoms with van der Waals surface area (Å²) in [6.07, 6.45) is 5.01. The van der Waals surface area contributed by atoms with Crippen molar-refractivity contribution in [2.45, 2.75) is 18.3 Å². The molecule has 2 fully saturated rings. The van der Waals surface area contributed by atoms with Gasteiger partial charge >= 0.3 is 0 Å². The molecule has 0 spiro atoms. The van der Waals surface area contributed by atoms with Gasteiger partial charge in [0.15, 0.2) is 0 Å². The summed E-state index contributed by atoms with van der Waals surface area (Å²) < 4.78 is 5.56. The number of benzene rings is 1. The fourth-order valence-corrected chi connectivity index (χ4v) is 3.97. The van der Waals surface area contributed by atoms with E-state index in [0.29, 0.717) is 26.3 Å². The van der Waals surface area contributed by atoms with Crippen molar-refractivity contribution in [1.29, 1.82) is 0 Å². The van der Waals surface area contributed by atoms with Gasteiger partial charge in [0.05, 0.1) is 5.41 Å². The smallest absolute Gasteiger partial charge is 0.233 e. The van der Waals surface area contributed by atoms with E-state index in [1.165, 1.54) is 0 Å². The monoisotopic (exact) mass is 352 g/mol. The van der Waals surface area contributed by atoms with Crippen molar-refractivity contribution in [2.75, 3.05) is 44.3 Å². The number of aromatic nitrogens is 2. The molecule has 0 radical (unpaired) electrons. The Labute approximate surface area is 153 Å². The van der Waals surface area contributed by atoms with Crippen LogP contribution in [0.5, 0.6) is 0 Å². The van der Waals surface area contributed by atoms with Gasteiger partial charge in [-0.1, -0.05) is 30.3 Å². The average Bonchev–Trinajstić information content (AvgIpc) is 2.75. The lowest BCUT2D eigenvalue weighted by atomic mass is 9.73. The number of ether oxygens (including phenoxy) is 1. The first-order valence-corrected chi connectivity index (χ1v) is 9.24. The largest absolute Gasteiger partial charge is 0.381 e. The van der Waals surface area contributed by atoms with Gasteiger partial charge in [-0.3, -0.25) is 4.79 Å². The van der Waals surface area contributed by atoms with Crippen LogP contribution in [-0.2, 0) is 14.9 Å². The lowest BCUT2D eigenvalue weighted by Gasteiger charge is -2.43. The third-order valence-electron chi connectivity index (χ3n) is 5.48. The van der Waals surface area contributed by atoms with E-state index in [9.17, 15) is 4.79 Å². The summed E-state index contributed by atoms with van der Waals surface area (Å²) in [5.74, 6) is 0.976. The first-order chi connectivity index (χ1) is 12.8. The maximum Gasteiger partial charge on any atom is 0.233 e. The zero-order valence-electron chi connectivity index (χ0n) is 14.9. The number of carbonyl (C=O) groups is 1. The molecule has 2 aliphatic heterocycles. The minimum Gasteiger partial charge on any atom is -0.381 e. The van der Waals surface area contributed by atoms with Gasteiger partial charge in [0, 0.05) is 51.8 Å². The van der Waals surface area contributed by atoms with Crippen LogP contribution >= 0.6 is 0 Å². The Morgan fingerprint density at radius 2 is 1.58 bits per heavy atom. The minimum atomic E-state index is -0.453. The molecule has 3 heterocycles. The molecule has 1 amide bonds. The Hall–Kier alpha value is -2.47. The van der Waals surface area contributed by atoms with E-state index in [-0.39, 0.29) is 5.91 Å². The molecule has 6 heteroatoms. The number of nitrogens with zero attached hydrogens (tertiary/aromatic N) is 4. The van der Waals surface area contributed by atoms with Crippen LogP contribution in [0.25, 0.3) is 0 Å². The van der Waals surface area contributed by atoms with E-state index in [1.54, 1.807) is 12.4 Å². The molecule has 0 aliphatic carbocycles. The predicted octanol–water partition coefficient (Wildman–Crippen LogP) is 1.87. The van der Waals surface area contributed by atoms with Crippen LogP contribution in [0.3, 0.4) is 0 Å². The summed E-state index contributed by atoms with van der Waals surface area (Å²) in [4.78, 5) is 26.3. The van der Waals surface area contributed by atoms with Crippen LogP contribution in [0.4, 0.5) is 5.95 Å². The standard InChI is InChI=1S/C20H24N4O2/c25-18(20(7-15-26-16-8-20)17-5-2-1-3-6-17)23-11-13-24(14-12-23)19-21-9-4-10-22-19/h1-6,9-10H,7-8,11-16H2. The third kappa shape index (κ3) is 3.17. The second-order valence-corrected chi connectivity index (χ2v) is 6.89. The molecule has 6 nitrogen and oxygen atoms in total. The zero-order chi connectivity index (χ0) is 17.8. The van der Waals surface area contributed by atoms with Crippen molar-refractivity contribution in [3.05, 3.63) is 54.4 Å². The third-order valence-corrected chi connectivity index (χ3v) is 5.48. The van der Waals surface area contributed by atoms with E-state index in [0.717, 1.165) is 37.4 Å². The van der Waals surface area contributed by atoms with Gasteiger partial charge in [0.1, 0.15) is 0 Å². The molecule has 2 aromatic rings. The maximum atomic E-state index is 13.5. The molecule has 0 unspecified atom stereocenters. The molecule has 136 valence electrons. The highest BCUT2D eigenvalue weighted by Gasteiger charge is 2.44. The van der Waals surface area contributed by atoms with Crippen LogP contribution in [-0.4, -0.2) is 60.2 Å². The van der Waals surface area contributed by atoms with Crippen molar-refractivity contribution in [3.8, 4) is 0 Å². The highest BCUT2D eigenvalue weighted by Crippen LogP contribution is 2.37. The highest BCUT2D eigenvalue weighted by molar-refractivity contribution is 5.88. The van der Waals surface area contributed by atoms with Crippen molar-refractivity contribution in [3.63, 3.8) is 0 Å². The van der Waals surface area contributed by atoms with Gasteiger partial charge in [-0.15, -0.1) is 0 Å². The van der Waals surface area contributed by atoms with E-state index < -0.39 is 5.41 Å². The summed E-state index contributed by atoms with van der Waals surface area (Å²) in [7, 11) is 0. The minimum absolute atomic E-state index is 0.237. The van der Waals surface area contributed by atoms with Crippen LogP contribution in [0, 0.1) is 0 Å². The van der Waals surface area contributed by atoms with E-state index in [4.69, 9.17) is 4.74 Å². The number of carbonyl (C=O) groups excluding carboxylic acids is 1. The van der Waals surface area contributed by atoms with Crippen LogP contribution in [0.1, 0.15) is 18.4 Å². The molecule has 0 saturated carbocycles. The first kappa shape index (κ1) is 17.0. The molecule has 1 aromatic carbocycles. The second-order valence-electron chi connectivity index (χ2n) is 6.89. The fourth-order valence-electron chi connectivity index (χ4n) is 3.97. The molecule has 2 saturated heterocycles. The quantitative estimate of drug-likeness (QED) is 0.844. The van der Waals surface area contributed by atoms with Gasteiger partial charge in [0.2, 0.25) is 11.9 Å². The lowest BCUT2D eigenvalue weighted by Crippen LogP contribution is -2.56. The van der Waals surface area contributed by atoms with Crippen molar-refractivity contribution in [1.82, 2.24) is 14.9 Å². The number of piperazine rings is 1. The van der Waals surface area contributed by atoms with Gasteiger partial charge in [-0.25, -0.2) is 9.97 Å². The Balaban J connectivity index is 1.51. The Bertz CT molecular complexity index is 724. The van der Waals surface area contributed by atoms with E-state index in [2.05, 4.69) is 27.0 Å². The topological polar surface area (TPSA) is 58.6 Å². The van der Waals surface area contributed by atoms with E-state index >= 15 is 0 Å². The Kier molecular flexibility index (Phi) is 4.84. The number of hydrogen-bond acceptors (Lipinski definition) is 5. The zero-order valence-corrected chi connectivity index (χ0v) is 14.9. The first-order valence-electron chi connectivity index (χ1n) is 9.24. The second kappa shape index (κ2) is 7.41. The van der Waals surface area contributed by atoms with E-state index in [1.807, 2.05) is 29.2 Å². The molecule has 26 heavy (non-hydrogen) atoms. The lowest BCUT2D eigenvalue weighted by molar-refractivity contribution is -0.141. The van der Waals surface area contributed by atoms with Crippen LogP contribution in [0.15, 0.2) is 48.8 Å². The molecule has 1 aromatic heterocycles. The van der Waals surface area contributed by atoms with Gasteiger partial charge in [-0.2, -0.15) is 0 Å². The van der Waals surface area contributed by atoms with Crippen LogP contribution < -0.4 is 4.90 Å². The predicted molar refractivity (Wildman–Crippen MR) is 99.0 cm³/mol. The molecule has 0 bridgehead atoms. The summed E-state index contributed by atoms with van der Waals surface area (Å²) in [6, 6.07) is 12.0. The summed E-state index contributed by atoms with van der Waals surface area (Å²) in [5, 5.41) is 0. The SMILES string of the molecule is O=C(N1CCN(c2ncccn2)CC1)C1(c2ccccc2)CCOCC1. The van der Waals surface area contributed by atoms with Gasteiger partial charge < -0.3 is 14.5 Å². The Morgan fingerprint density at radius 3 is 2.23 bits per heavy atom. The number of hydrogen-bond donors (Lipinski definition) is 0. The molecular formula is C20H24N4O2. The highest BCUT2D eigenvalue weighted by atomic mass is 16.5. The average molecular weight is 352 g/mol. The normalized spacial score (nSPS) is 20.0. The van der Waals surface area contributed by atoms with Crippen molar-refractivity contribution >= 4 is 11.9 Å². The molecule has 0 atom stereocenters. The van der Waals surface area contributed by atoms with Crippen LogP contribution in [0.2, 0.25) is 0 Å².